The number of nitrogens with one attached hydrogen (secondary N) is 5. The van der Waals surface area contributed by atoms with Crippen LogP contribution in [0, 0.1) is 11.8 Å². The molecule has 0 bridgehead atoms. The molecular formula is C52H93N5O18S2. The summed E-state index contributed by atoms with van der Waals surface area (Å²) >= 11 is 2.61. The van der Waals surface area contributed by atoms with Crippen LogP contribution in [0.5, 0.6) is 0 Å². The molecule has 0 aromatic carbocycles. The first-order valence-electron chi connectivity index (χ1n) is 27.9. The summed E-state index contributed by atoms with van der Waals surface area (Å²) in [7, 11) is 1.67. The zero-order valence-electron chi connectivity index (χ0n) is 45.4. The fourth-order valence-electron chi connectivity index (χ4n) is 10.2. The molecule has 2 saturated carbocycles. The lowest BCUT2D eigenvalue weighted by atomic mass is 9.80. The number of ketones is 1. The second-order valence-corrected chi connectivity index (χ2v) is 23.1. The minimum atomic E-state index is -1.64. The van der Waals surface area contributed by atoms with Crippen molar-refractivity contribution in [2.75, 3.05) is 76.1 Å². The quantitative estimate of drug-likeness (QED) is 0.0327. The number of hydrogen-bond acceptors (Lipinski definition) is 21. The van der Waals surface area contributed by atoms with Gasteiger partial charge in [0.15, 0.2) is 12.1 Å². The highest BCUT2D eigenvalue weighted by Crippen LogP contribution is 2.35. The van der Waals surface area contributed by atoms with E-state index < -0.39 is 97.5 Å². The number of rotatable bonds is 36. The van der Waals surface area contributed by atoms with Crippen molar-refractivity contribution in [2.24, 2.45) is 11.8 Å². The van der Waals surface area contributed by atoms with Crippen molar-refractivity contribution in [2.45, 2.75) is 208 Å². The summed E-state index contributed by atoms with van der Waals surface area (Å²) in [5, 5.41) is 97.5. The number of hydrogen-bond donors (Lipinski definition) is 13. The SMILES string of the molecule is CNC(CCCCNC(=O)CSCCCC(=O)NCC1OCCC(OC2CC(CO)C(O)C(OCCC3CCCCC3)C2O)C1OC1OC(C)C(O)C(O)C1O)C(=O)NC(CCCCNC(=O)CSCC(O)CO)C(C)=O. The Balaban J connectivity index is 1.16. The van der Waals surface area contributed by atoms with Gasteiger partial charge in [-0.15, -0.1) is 11.8 Å². The molecule has 4 aliphatic rings. The fourth-order valence-corrected chi connectivity index (χ4v) is 11.7. The number of carbonyl (C=O) groups excluding carboxylic acids is 5. The van der Waals surface area contributed by atoms with Crippen LogP contribution in [0.25, 0.3) is 0 Å². The van der Waals surface area contributed by atoms with Crippen molar-refractivity contribution in [1.82, 2.24) is 26.6 Å². The lowest BCUT2D eigenvalue weighted by Crippen LogP contribution is -2.62. The Labute approximate surface area is 462 Å². The van der Waals surface area contributed by atoms with Gasteiger partial charge in [0.05, 0.1) is 60.7 Å². The topological polar surface area (TPSA) is 353 Å². The predicted octanol–water partition coefficient (Wildman–Crippen LogP) is -1.22. The van der Waals surface area contributed by atoms with E-state index in [1.54, 1.807) is 7.05 Å². The molecule has 0 aromatic rings. The number of aliphatic hydroxyl groups excluding tert-OH is 8. The summed E-state index contributed by atoms with van der Waals surface area (Å²) in [4.78, 5) is 63.0. The van der Waals surface area contributed by atoms with Crippen LogP contribution in [0.15, 0.2) is 0 Å². The summed E-state index contributed by atoms with van der Waals surface area (Å²) in [5.41, 5.74) is 0. The number of unbranched alkanes of at least 4 members (excludes halogenated alkanes) is 2. The molecule has 2 aliphatic heterocycles. The third-order valence-electron chi connectivity index (χ3n) is 14.9. The van der Waals surface area contributed by atoms with Crippen molar-refractivity contribution in [3.05, 3.63) is 0 Å². The van der Waals surface area contributed by atoms with Gasteiger partial charge in [0.25, 0.3) is 0 Å². The molecule has 2 aliphatic carbocycles. The molecule has 4 fully saturated rings. The maximum Gasteiger partial charge on any atom is 0.237 e. The Kier molecular flexibility index (Phi) is 32.2. The van der Waals surface area contributed by atoms with Crippen molar-refractivity contribution < 1.29 is 88.5 Å². The molecule has 2 heterocycles. The highest BCUT2D eigenvalue weighted by atomic mass is 32.2. The third-order valence-corrected chi connectivity index (χ3v) is 17.1. The van der Waals surface area contributed by atoms with Crippen LogP contribution in [-0.2, 0) is 47.7 Å². The Bertz CT molecular complexity index is 1730. The van der Waals surface area contributed by atoms with Crippen molar-refractivity contribution in [3.8, 4) is 0 Å². The van der Waals surface area contributed by atoms with E-state index in [0.717, 1.165) is 19.3 Å². The summed E-state index contributed by atoms with van der Waals surface area (Å²) < 4.78 is 30.9. The van der Waals surface area contributed by atoms with Crippen LogP contribution in [-0.4, -0.2) is 238 Å². The van der Waals surface area contributed by atoms with Gasteiger partial charge in [-0.25, -0.2) is 0 Å². The lowest BCUT2D eigenvalue weighted by molar-refractivity contribution is -0.330. The summed E-state index contributed by atoms with van der Waals surface area (Å²) in [6, 6.07) is -1.20. The Hall–Kier alpha value is -2.31. The zero-order chi connectivity index (χ0) is 56.3. The average molecular weight is 1140 g/mol. The van der Waals surface area contributed by atoms with Crippen LogP contribution in [0.3, 0.4) is 0 Å². The van der Waals surface area contributed by atoms with Gasteiger partial charge in [-0.05, 0) is 96.8 Å². The largest absolute Gasteiger partial charge is 0.396 e. The molecule has 0 aromatic heterocycles. The Morgan fingerprint density at radius 2 is 1.40 bits per heavy atom. The number of likely N-dealkylation sites (N-methyl/N-ethyl adjacent to an activating group) is 1. The molecule has 13 N–H and O–H groups in total. The van der Waals surface area contributed by atoms with Crippen molar-refractivity contribution in [3.63, 3.8) is 0 Å². The van der Waals surface area contributed by atoms with Gasteiger partial charge in [-0.2, -0.15) is 11.8 Å². The first kappa shape index (κ1) is 67.2. The van der Waals surface area contributed by atoms with Gasteiger partial charge in [0.2, 0.25) is 23.6 Å². The average Bonchev–Trinajstić information content (AvgIpc) is 3.41. The normalized spacial score (nSPS) is 30.2. The summed E-state index contributed by atoms with van der Waals surface area (Å²) in [5.74, 6) is -0.0879. The van der Waals surface area contributed by atoms with Crippen molar-refractivity contribution in [1.29, 1.82) is 0 Å². The number of thioether (sulfide) groups is 2. The van der Waals surface area contributed by atoms with Crippen LogP contribution >= 0.6 is 23.5 Å². The van der Waals surface area contributed by atoms with Crippen molar-refractivity contribution >= 4 is 52.9 Å². The van der Waals surface area contributed by atoms with E-state index in [9.17, 15) is 59.7 Å². The van der Waals surface area contributed by atoms with E-state index in [-0.39, 0.29) is 92.3 Å². The van der Waals surface area contributed by atoms with E-state index in [4.69, 9.17) is 28.8 Å². The minimum Gasteiger partial charge on any atom is -0.396 e. The zero-order valence-corrected chi connectivity index (χ0v) is 47.0. The summed E-state index contributed by atoms with van der Waals surface area (Å²) in [6.45, 7) is 3.53. The molecule has 4 rings (SSSR count). The maximum absolute atomic E-state index is 13.1. The van der Waals surface area contributed by atoms with Gasteiger partial charge < -0.3 is 91.1 Å². The molecule has 2 saturated heterocycles. The highest BCUT2D eigenvalue weighted by molar-refractivity contribution is 8.00. The molecule has 16 atom stereocenters. The predicted molar refractivity (Wildman–Crippen MR) is 288 cm³/mol. The molecule has 0 spiro atoms. The second kappa shape index (κ2) is 36.9. The lowest BCUT2D eigenvalue weighted by Gasteiger charge is -2.47. The van der Waals surface area contributed by atoms with Crippen LogP contribution in [0.4, 0.5) is 0 Å². The number of ether oxygens (including phenoxy) is 5. The standard InChI is InChI=1S/C52H93N5O18S2/c1-31(60)36(14-7-9-19-55-43(64)30-77-28-35(61)27-59)57-51(70)37(53-3)15-8-10-20-54-42(63)29-76-23-11-16-41(62)56-25-40-49(75-52-48(69)47(68)44(65)32(2)73-52)38(18-22-71-40)74-39-24-34(26-58)45(66)50(46(39)67)72-21-17-33-12-5-4-6-13-33/h32-40,44-50,52-53,58-59,61,65-69H,4-30H2,1-3H3,(H,54,63)(H,55,64)(H,56,62)(H,57,70). The van der Waals surface area contributed by atoms with Crippen LogP contribution in [0.1, 0.15) is 117 Å². The van der Waals surface area contributed by atoms with E-state index in [2.05, 4.69) is 26.6 Å². The molecule has 0 radical (unpaired) electrons. The Morgan fingerprint density at radius 3 is 2.05 bits per heavy atom. The van der Waals surface area contributed by atoms with Crippen LogP contribution in [0.2, 0.25) is 0 Å². The van der Waals surface area contributed by atoms with E-state index in [1.807, 2.05) is 0 Å². The molecule has 446 valence electrons. The van der Waals surface area contributed by atoms with Crippen LogP contribution < -0.4 is 26.6 Å². The number of amides is 4. The fraction of sp³-hybridized carbons (Fsp3) is 0.904. The minimum absolute atomic E-state index is 0.0363. The molecule has 16 unspecified atom stereocenters. The smallest absolute Gasteiger partial charge is 0.237 e. The van der Waals surface area contributed by atoms with Gasteiger partial charge in [0.1, 0.15) is 42.7 Å². The van der Waals surface area contributed by atoms with Gasteiger partial charge in [-0.3, -0.25) is 24.0 Å². The molecule has 4 amide bonds. The molecular weight excluding hydrogens is 1050 g/mol. The van der Waals surface area contributed by atoms with Gasteiger partial charge in [0, 0.05) is 57.5 Å². The highest BCUT2D eigenvalue weighted by Gasteiger charge is 2.50. The maximum atomic E-state index is 13.1. The monoisotopic (exact) mass is 1140 g/mol. The van der Waals surface area contributed by atoms with E-state index in [1.165, 1.54) is 56.6 Å². The van der Waals surface area contributed by atoms with Gasteiger partial charge in [-0.1, -0.05) is 32.1 Å². The van der Waals surface area contributed by atoms with E-state index in [0.29, 0.717) is 76.3 Å². The Morgan fingerprint density at radius 1 is 0.727 bits per heavy atom. The number of carbonyl (C=O) groups is 5. The molecule has 23 nitrogen and oxygen atoms in total. The van der Waals surface area contributed by atoms with Gasteiger partial charge >= 0.3 is 0 Å². The summed E-state index contributed by atoms with van der Waals surface area (Å²) in [6.07, 6.45) is -3.78. The van der Waals surface area contributed by atoms with E-state index >= 15 is 0 Å². The molecule has 25 heteroatoms. The second-order valence-electron chi connectivity index (χ2n) is 21.0. The number of Topliss-reactive ketones (excluding diaryl/α,β-unsaturated/α-hetero) is 1. The first-order valence-corrected chi connectivity index (χ1v) is 30.2. The number of aliphatic hydroxyl groups is 8. The molecule has 77 heavy (non-hydrogen) atoms. The third kappa shape index (κ3) is 23.6. The first-order chi connectivity index (χ1) is 37.0.